The maximum atomic E-state index is 4.31. The molecule has 0 fully saturated rings. The van der Waals surface area contributed by atoms with Crippen LogP contribution in [0.1, 0.15) is 29.9 Å². The van der Waals surface area contributed by atoms with Crippen molar-refractivity contribution in [3.05, 3.63) is 41.5 Å². The van der Waals surface area contributed by atoms with Gasteiger partial charge < -0.3 is 10.2 Å². The number of nitrogens with zero attached hydrogens (tertiary/aromatic N) is 4. The van der Waals surface area contributed by atoms with Crippen LogP contribution in [0.4, 0.5) is 5.69 Å². The summed E-state index contributed by atoms with van der Waals surface area (Å²) in [6.45, 7) is 4.07. The molecule has 5 heteroatoms. The van der Waals surface area contributed by atoms with Crippen molar-refractivity contribution in [1.29, 1.82) is 0 Å². The summed E-state index contributed by atoms with van der Waals surface area (Å²) in [4.78, 5) is 6.69. The number of anilines is 1. The lowest BCUT2D eigenvalue weighted by Gasteiger charge is -2.19. The van der Waals surface area contributed by atoms with E-state index in [9.17, 15) is 0 Å². The van der Waals surface area contributed by atoms with Gasteiger partial charge in [0, 0.05) is 25.3 Å². The van der Waals surface area contributed by atoms with Crippen molar-refractivity contribution in [1.82, 2.24) is 20.1 Å². The SMILES string of the molecule is CNC(C)c1ccc2c(c1)CCN2Cc1ncnn1C. The molecule has 2 heterocycles. The summed E-state index contributed by atoms with van der Waals surface area (Å²) in [5.74, 6) is 1.01. The third-order valence-corrected chi connectivity index (χ3v) is 4.17. The third kappa shape index (κ3) is 2.29. The normalized spacial score (nSPS) is 15.4. The highest BCUT2D eigenvalue weighted by atomic mass is 15.3. The molecule has 0 saturated carbocycles. The topological polar surface area (TPSA) is 46.0 Å². The van der Waals surface area contributed by atoms with Gasteiger partial charge in [-0.05, 0) is 37.6 Å². The molecule has 0 radical (unpaired) electrons. The predicted molar refractivity (Wildman–Crippen MR) is 79.7 cm³/mol. The number of aryl methyl sites for hydroxylation is 1. The fraction of sp³-hybridized carbons (Fsp3) is 0.467. The first kappa shape index (κ1) is 13.1. The molecule has 20 heavy (non-hydrogen) atoms. The van der Waals surface area contributed by atoms with E-state index in [1.807, 2.05) is 18.8 Å². The van der Waals surface area contributed by atoms with E-state index in [-0.39, 0.29) is 0 Å². The highest BCUT2D eigenvalue weighted by Gasteiger charge is 2.21. The molecule has 1 aliphatic heterocycles. The van der Waals surface area contributed by atoms with Crippen LogP contribution >= 0.6 is 0 Å². The molecule has 3 rings (SSSR count). The van der Waals surface area contributed by atoms with Crippen molar-refractivity contribution in [2.24, 2.45) is 7.05 Å². The lowest BCUT2D eigenvalue weighted by molar-refractivity contribution is 0.652. The summed E-state index contributed by atoms with van der Waals surface area (Å²) in [6, 6.07) is 7.18. The molecule has 1 aromatic carbocycles. The summed E-state index contributed by atoms with van der Waals surface area (Å²) in [6.07, 6.45) is 2.72. The number of aromatic nitrogens is 3. The van der Waals surface area contributed by atoms with Crippen LogP contribution in [0.5, 0.6) is 0 Å². The van der Waals surface area contributed by atoms with Crippen molar-refractivity contribution in [2.75, 3.05) is 18.5 Å². The van der Waals surface area contributed by atoms with Gasteiger partial charge in [0.1, 0.15) is 12.2 Å². The van der Waals surface area contributed by atoms with Gasteiger partial charge in [-0.25, -0.2) is 4.98 Å². The van der Waals surface area contributed by atoms with Gasteiger partial charge in [-0.3, -0.25) is 4.68 Å². The Morgan fingerprint density at radius 2 is 2.25 bits per heavy atom. The Hall–Kier alpha value is -1.88. The van der Waals surface area contributed by atoms with Gasteiger partial charge in [0.2, 0.25) is 0 Å². The van der Waals surface area contributed by atoms with E-state index in [1.54, 1.807) is 6.33 Å². The van der Waals surface area contributed by atoms with Crippen LogP contribution in [0.3, 0.4) is 0 Å². The van der Waals surface area contributed by atoms with Gasteiger partial charge in [-0.1, -0.05) is 12.1 Å². The van der Waals surface area contributed by atoms with Gasteiger partial charge >= 0.3 is 0 Å². The minimum Gasteiger partial charge on any atom is -0.363 e. The van der Waals surface area contributed by atoms with Crippen LogP contribution in [0.25, 0.3) is 0 Å². The Kier molecular flexibility index (Phi) is 3.44. The van der Waals surface area contributed by atoms with E-state index in [0.717, 1.165) is 25.3 Å². The predicted octanol–water partition coefficient (Wildman–Crippen LogP) is 1.66. The number of benzene rings is 1. The zero-order valence-corrected chi connectivity index (χ0v) is 12.3. The summed E-state index contributed by atoms with van der Waals surface area (Å²) in [5, 5.41) is 7.43. The minimum absolute atomic E-state index is 0.396. The van der Waals surface area contributed by atoms with E-state index in [1.165, 1.54) is 16.8 Å². The summed E-state index contributed by atoms with van der Waals surface area (Å²) in [5.41, 5.74) is 4.12. The molecule has 106 valence electrons. The molecule has 1 N–H and O–H groups in total. The molecule has 0 bridgehead atoms. The second-order valence-electron chi connectivity index (χ2n) is 5.37. The number of fused-ring (bicyclic) bond motifs is 1. The second-order valence-corrected chi connectivity index (χ2v) is 5.37. The van der Waals surface area contributed by atoms with Crippen molar-refractivity contribution in [3.8, 4) is 0 Å². The maximum Gasteiger partial charge on any atom is 0.146 e. The van der Waals surface area contributed by atoms with Gasteiger partial charge in [0.05, 0.1) is 6.54 Å². The number of hydrogen-bond donors (Lipinski definition) is 1. The van der Waals surface area contributed by atoms with E-state index < -0.39 is 0 Å². The minimum atomic E-state index is 0.396. The third-order valence-electron chi connectivity index (χ3n) is 4.17. The molecule has 1 aromatic heterocycles. The first-order valence-corrected chi connectivity index (χ1v) is 7.07. The largest absolute Gasteiger partial charge is 0.363 e. The molecular weight excluding hydrogens is 250 g/mol. The lowest BCUT2D eigenvalue weighted by atomic mass is 10.0. The molecule has 5 nitrogen and oxygen atoms in total. The lowest BCUT2D eigenvalue weighted by Crippen LogP contribution is -2.22. The summed E-state index contributed by atoms with van der Waals surface area (Å²) < 4.78 is 1.84. The van der Waals surface area contributed by atoms with Crippen LogP contribution in [0.15, 0.2) is 24.5 Å². The average molecular weight is 271 g/mol. The van der Waals surface area contributed by atoms with E-state index >= 15 is 0 Å². The van der Waals surface area contributed by atoms with Crippen LogP contribution in [-0.2, 0) is 20.0 Å². The van der Waals surface area contributed by atoms with Gasteiger partial charge in [-0.2, -0.15) is 5.10 Å². The highest BCUT2D eigenvalue weighted by Crippen LogP contribution is 2.31. The van der Waals surface area contributed by atoms with Crippen LogP contribution in [0.2, 0.25) is 0 Å². The Balaban J connectivity index is 1.82. The molecule has 0 amide bonds. The molecule has 1 atom stereocenters. The van der Waals surface area contributed by atoms with Crippen molar-refractivity contribution in [2.45, 2.75) is 25.9 Å². The van der Waals surface area contributed by atoms with Gasteiger partial charge in [0.25, 0.3) is 0 Å². The fourth-order valence-corrected chi connectivity index (χ4v) is 2.72. The Morgan fingerprint density at radius 3 is 2.95 bits per heavy atom. The molecule has 0 spiro atoms. The summed E-state index contributed by atoms with van der Waals surface area (Å²) >= 11 is 0. The Morgan fingerprint density at radius 1 is 1.40 bits per heavy atom. The smallest absolute Gasteiger partial charge is 0.146 e. The Bertz CT molecular complexity index is 604. The van der Waals surface area contributed by atoms with Gasteiger partial charge in [0.15, 0.2) is 0 Å². The molecular formula is C15H21N5. The zero-order valence-electron chi connectivity index (χ0n) is 12.3. The van der Waals surface area contributed by atoms with Crippen molar-refractivity contribution >= 4 is 5.69 Å². The standard InChI is InChI=1S/C15H21N5/c1-11(16-2)12-4-5-14-13(8-12)6-7-20(14)9-15-17-10-18-19(15)3/h4-5,8,10-11,16H,6-7,9H2,1-3H3. The molecule has 0 saturated heterocycles. The molecule has 2 aromatic rings. The van der Waals surface area contributed by atoms with Gasteiger partial charge in [-0.15, -0.1) is 0 Å². The molecule has 1 aliphatic rings. The van der Waals surface area contributed by atoms with Crippen molar-refractivity contribution in [3.63, 3.8) is 0 Å². The Labute approximate surface area is 119 Å². The van der Waals surface area contributed by atoms with Crippen LogP contribution in [0, 0.1) is 0 Å². The monoisotopic (exact) mass is 271 g/mol. The average Bonchev–Trinajstić information content (AvgIpc) is 3.05. The summed E-state index contributed by atoms with van der Waals surface area (Å²) in [7, 11) is 3.94. The fourth-order valence-electron chi connectivity index (χ4n) is 2.72. The number of nitrogens with one attached hydrogen (secondary N) is 1. The maximum absolute atomic E-state index is 4.31. The van der Waals surface area contributed by atoms with E-state index in [0.29, 0.717) is 6.04 Å². The molecule has 0 aliphatic carbocycles. The number of rotatable bonds is 4. The zero-order chi connectivity index (χ0) is 14.1. The van der Waals surface area contributed by atoms with E-state index in [2.05, 4.69) is 45.4 Å². The van der Waals surface area contributed by atoms with Crippen molar-refractivity contribution < 1.29 is 0 Å². The van der Waals surface area contributed by atoms with Crippen LogP contribution in [-0.4, -0.2) is 28.4 Å². The second kappa shape index (κ2) is 5.25. The van der Waals surface area contributed by atoms with E-state index in [4.69, 9.17) is 0 Å². The first-order valence-electron chi connectivity index (χ1n) is 7.07. The quantitative estimate of drug-likeness (QED) is 0.918. The first-order chi connectivity index (χ1) is 9.69. The highest BCUT2D eigenvalue weighted by molar-refractivity contribution is 5.59. The molecule has 1 unspecified atom stereocenters. The number of hydrogen-bond acceptors (Lipinski definition) is 4. The van der Waals surface area contributed by atoms with Crippen LogP contribution < -0.4 is 10.2 Å².